The van der Waals surface area contributed by atoms with E-state index >= 15 is 0 Å². The van der Waals surface area contributed by atoms with Gasteiger partial charge in [-0.05, 0) is 73.4 Å². The van der Waals surface area contributed by atoms with Crippen LogP contribution in [0.15, 0.2) is 37.9 Å². The van der Waals surface area contributed by atoms with Crippen LogP contribution in [0.1, 0.15) is 47.9 Å². The molecule has 0 bridgehead atoms. The molecule has 1 aromatic carbocycles. The second-order valence-corrected chi connectivity index (χ2v) is 8.80. The van der Waals surface area contributed by atoms with Gasteiger partial charge in [-0.2, -0.15) is 0 Å². The molecule has 4 heteroatoms. The third-order valence-corrected chi connectivity index (χ3v) is 6.28. The summed E-state index contributed by atoms with van der Waals surface area (Å²) < 4.78 is 2.21. The van der Waals surface area contributed by atoms with Crippen molar-refractivity contribution >= 4 is 43.2 Å². The van der Waals surface area contributed by atoms with Gasteiger partial charge in [-0.15, -0.1) is 11.3 Å². The highest BCUT2D eigenvalue weighted by Gasteiger charge is 2.20. The van der Waals surface area contributed by atoms with Crippen LogP contribution >= 0.6 is 43.2 Å². The minimum atomic E-state index is -0.0626. The van der Waals surface area contributed by atoms with Crippen molar-refractivity contribution in [3.63, 3.8) is 0 Å². The van der Waals surface area contributed by atoms with E-state index in [0.29, 0.717) is 0 Å². The van der Waals surface area contributed by atoms with E-state index in [4.69, 9.17) is 5.73 Å². The molecular weight excluding hydrogens is 386 g/mol. The highest BCUT2D eigenvalue weighted by atomic mass is 79.9. The molecule has 2 aromatic rings. The third kappa shape index (κ3) is 2.82. The molecule has 3 rings (SSSR count). The standard InChI is InChI=1S/C15H15Br2NS/c16-13-8-12(15(17)19-13)14(18)11-6-4-10(5-7-11)9-2-1-3-9/h4-9,14H,1-3,18H2. The number of nitrogens with two attached hydrogens (primary N) is 1. The Morgan fingerprint density at radius 1 is 1.16 bits per heavy atom. The van der Waals surface area contributed by atoms with Crippen molar-refractivity contribution in [2.45, 2.75) is 31.2 Å². The summed E-state index contributed by atoms with van der Waals surface area (Å²) in [7, 11) is 0. The lowest BCUT2D eigenvalue weighted by atomic mass is 9.80. The molecule has 1 atom stereocenters. The maximum absolute atomic E-state index is 6.36. The zero-order valence-corrected chi connectivity index (χ0v) is 14.4. The molecule has 0 radical (unpaired) electrons. The number of benzene rings is 1. The first kappa shape index (κ1) is 13.8. The molecule has 0 saturated heterocycles. The molecule has 0 amide bonds. The van der Waals surface area contributed by atoms with Gasteiger partial charge in [0.15, 0.2) is 0 Å². The first-order chi connectivity index (χ1) is 9.15. The molecule has 2 N–H and O–H groups in total. The summed E-state index contributed by atoms with van der Waals surface area (Å²) in [6.07, 6.45) is 4.06. The van der Waals surface area contributed by atoms with Crippen LogP contribution < -0.4 is 5.73 Å². The lowest BCUT2D eigenvalue weighted by Gasteiger charge is -2.26. The van der Waals surface area contributed by atoms with Crippen molar-refractivity contribution in [1.82, 2.24) is 0 Å². The highest BCUT2D eigenvalue weighted by Crippen LogP contribution is 2.39. The lowest BCUT2D eigenvalue weighted by molar-refractivity contribution is 0.419. The largest absolute Gasteiger partial charge is 0.320 e. The molecule has 1 saturated carbocycles. The van der Waals surface area contributed by atoms with Crippen LogP contribution in [0.4, 0.5) is 0 Å². The van der Waals surface area contributed by atoms with Gasteiger partial charge in [0.05, 0.1) is 13.6 Å². The maximum Gasteiger partial charge on any atom is 0.0761 e. The van der Waals surface area contributed by atoms with Gasteiger partial charge in [-0.1, -0.05) is 30.7 Å². The van der Waals surface area contributed by atoms with Gasteiger partial charge in [0.25, 0.3) is 0 Å². The molecule has 0 spiro atoms. The number of halogens is 2. The van der Waals surface area contributed by atoms with E-state index in [9.17, 15) is 0 Å². The quantitative estimate of drug-likeness (QED) is 0.713. The highest BCUT2D eigenvalue weighted by molar-refractivity contribution is 9.12. The predicted octanol–water partition coefficient (Wildman–Crippen LogP) is 5.59. The van der Waals surface area contributed by atoms with Crippen molar-refractivity contribution in [3.05, 3.63) is 54.6 Å². The van der Waals surface area contributed by atoms with E-state index in [1.807, 2.05) is 0 Å². The molecule has 19 heavy (non-hydrogen) atoms. The molecule has 1 fully saturated rings. The molecule has 100 valence electrons. The SMILES string of the molecule is NC(c1ccc(C2CCC2)cc1)c1cc(Br)sc1Br. The molecule has 1 unspecified atom stereocenters. The van der Waals surface area contributed by atoms with E-state index in [-0.39, 0.29) is 6.04 Å². The number of hydrogen-bond donors (Lipinski definition) is 1. The smallest absolute Gasteiger partial charge is 0.0761 e. The minimum absolute atomic E-state index is 0.0626. The van der Waals surface area contributed by atoms with Gasteiger partial charge < -0.3 is 5.73 Å². The van der Waals surface area contributed by atoms with E-state index in [1.165, 1.54) is 30.4 Å². The van der Waals surface area contributed by atoms with Crippen LogP contribution in [0.3, 0.4) is 0 Å². The average Bonchev–Trinajstić information content (AvgIpc) is 2.66. The predicted molar refractivity (Wildman–Crippen MR) is 88.8 cm³/mol. The average molecular weight is 401 g/mol. The zero-order chi connectivity index (χ0) is 13.4. The fraction of sp³-hybridized carbons (Fsp3) is 0.333. The van der Waals surface area contributed by atoms with Crippen molar-refractivity contribution in [2.24, 2.45) is 5.73 Å². The lowest BCUT2D eigenvalue weighted by Crippen LogP contribution is -2.12. The van der Waals surface area contributed by atoms with Gasteiger partial charge in [0.2, 0.25) is 0 Å². The molecule has 1 nitrogen and oxygen atoms in total. The maximum atomic E-state index is 6.36. The van der Waals surface area contributed by atoms with Crippen LogP contribution in [0.5, 0.6) is 0 Å². The summed E-state index contributed by atoms with van der Waals surface area (Å²) in [5.41, 5.74) is 10.1. The summed E-state index contributed by atoms with van der Waals surface area (Å²) in [5, 5.41) is 0. The van der Waals surface area contributed by atoms with E-state index in [0.717, 1.165) is 19.1 Å². The first-order valence-electron chi connectivity index (χ1n) is 6.45. The van der Waals surface area contributed by atoms with Crippen molar-refractivity contribution in [3.8, 4) is 0 Å². The van der Waals surface area contributed by atoms with Crippen molar-refractivity contribution < 1.29 is 0 Å². The molecule has 1 aliphatic rings. The van der Waals surface area contributed by atoms with Crippen LogP contribution in [0.2, 0.25) is 0 Å². The minimum Gasteiger partial charge on any atom is -0.320 e. The molecule has 1 aromatic heterocycles. The Morgan fingerprint density at radius 3 is 2.32 bits per heavy atom. The van der Waals surface area contributed by atoms with Gasteiger partial charge in [0.1, 0.15) is 0 Å². The fourth-order valence-corrected chi connectivity index (χ4v) is 5.39. The second-order valence-electron chi connectivity index (χ2n) is 5.05. The Labute approximate surface area is 134 Å². The third-order valence-electron chi connectivity index (χ3n) is 3.89. The normalized spacial score (nSPS) is 17.2. The van der Waals surface area contributed by atoms with Crippen LogP contribution in [0.25, 0.3) is 0 Å². The Kier molecular flexibility index (Phi) is 4.13. The second kappa shape index (κ2) is 5.68. The van der Waals surface area contributed by atoms with E-state index < -0.39 is 0 Å². The summed E-state index contributed by atoms with van der Waals surface area (Å²) in [6.45, 7) is 0. The number of hydrogen-bond acceptors (Lipinski definition) is 2. The summed E-state index contributed by atoms with van der Waals surface area (Å²) in [4.78, 5) is 0. The monoisotopic (exact) mass is 399 g/mol. The Hall–Kier alpha value is -0.160. The first-order valence-corrected chi connectivity index (χ1v) is 8.85. The Morgan fingerprint density at radius 2 is 1.84 bits per heavy atom. The Balaban J connectivity index is 1.83. The summed E-state index contributed by atoms with van der Waals surface area (Å²) >= 11 is 8.75. The number of thiophene rings is 1. The van der Waals surface area contributed by atoms with Crippen LogP contribution in [-0.4, -0.2) is 0 Å². The molecule has 0 aliphatic heterocycles. The Bertz CT molecular complexity index is 572. The van der Waals surface area contributed by atoms with E-state index in [2.05, 4.69) is 62.2 Å². The zero-order valence-electron chi connectivity index (χ0n) is 10.4. The van der Waals surface area contributed by atoms with Gasteiger partial charge >= 0.3 is 0 Å². The van der Waals surface area contributed by atoms with Crippen molar-refractivity contribution in [2.75, 3.05) is 0 Å². The molecule has 1 aliphatic carbocycles. The topological polar surface area (TPSA) is 26.0 Å². The molecular formula is C15H15Br2NS. The van der Waals surface area contributed by atoms with Crippen LogP contribution in [0, 0.1) is 0 Å². The number of rotatable bonds is 3. The summed E-state index contributed by atoms with van der Waals surface area (Å²) in [6, 6.07) is 10.9. The van der Waals surface area contributed by atoms with Crippen LogP contribution in [-0.2, 0) is 0 Å². The fourth-order valence-electron chi connectivity index (χ4n) is 2.46. The van der Waals surface area contributed by atoms with Gasteiger partial charge in [-0.25, -0.2) is 0 Å². The summed E-state index contributed by atoms with van der Waals surface area (Å²) in [5.74, 6) is 0.785. The van der Waals surface area contributed by atoms with Gasteiger partial charge in [0, 0.05) is 0 Å². The van der Waals surface area contributed by atoms with E-state index in [1.54, 1.807) is 11.3 Å². The molecule has 1 heterocycles. The van der Waals surface area contributed by atoms with Gasteiger partial charge in [-0.3, -0.25) is 0 Å². The van der Waals surface area contributed by atoms with Crippen molar-refractivity contribution in [1.29, 1.82) is 0 Å².